The first-order valence-electron chi connectivity index (χ1n) is 5.74. The summed E-state index contributed by atoms with van der Waals surface area (Å²) in [6.07, 6.45) is 1.14. The molecule has 2 rings (SSSR count). The molecule has 2 nitrogen and oxygen atoms in total. The van der Waals surface area contributed by atoms with Crippen LogP contribution in [0.3, 0.4) is 0 Å². The van der Waals surface area contributed by atoms with Crippen molar-refractivity contribution in [1.82, 2.24) is 5.32 Å². The Morgan fingerprint density at radius 1 is 1.50 bits per heavy atom. The predicted molar refractivity (Wildman–Crippen MR) is 69.6 cm³/mol. The van der Waals surface area contributed by atoms with Gasteiger partial charge in [0.2, 0.25) is 0 Å². The first-order valence-corrected chi connectivity index (χ1v) is 6.53. The second kappa shape index (κ2) is 5.30. The highest BCUT2D eigenvalue weighted by atomic mass is 79.9. The van der Waals surface area contributed by atoms with Crippen LogP contribution in [0.15, 0.2) is 22.7 Å². The van der Waals surface area contributed by atoms with Gasteiger partial charge >= 0.3 is 0 Å². The number of nitrogens with one attached hydrogen (secondary N) is 1. The van der Waals surface area contributed by atoms with Crippen molar-refractivity contribution in [2.45, 2.75) is 19.4 Å². The van der Waals surface area contributed by atoms with Crippen molar-refractivity contribution in [1.29, 1.82) is 0 Å². The monoisotopic (exact) mass is 283 g/mol. The van der Waals surface area contributed by atoms with E-state index in [4.69, 9.17) is 4.74 Å². The molecule has 3 heteroatoms. The van der Waals surface area contributed by atoms with E-state index in [-0.39, 0.29) is 0 Å². The fraction of sp³-hybridized carbons (Fsp3) is 0.538. The normalized spacial score (nSPS) is 22.3. The molecular weight excluding hydrogens is 266 g/mol. The molecule has 0 bridgehead atoms. The summed E-state index contributed by atoms with van der Waals surface area (Å²) < 4.78 is 6.70. The Kier molecular flexibility index (Phi) is 4.00. The summed E-state index contributed by atoms with van der Waals surface area (Å²) in [7, 11) is 2.03. The van der Waals surface area contributed by atoms with Gasteiger partial charge < -0.3 is 10.1 Å². The van der Waals surface area contributed by atoms with E-state index < -0.39 is 0 Å². The SMILES string of the molecule is CNC(c1cccc(C)c1Br)C1CCOC1. The van der Waals surface area contributed by atoms with E-state index in [1.165, 1.54) is 15.6 Å². The van der Waals surface area contributed by atoms with Gasteiger partial charge in [0.15, 0.2) is 0 Å². The lowest BCUT2D eigenvalue weighted by Crippen LogP contribution is -2.26. The number of hydrogen-bond acceptors (Lipinski definition) is 2. The lowest BCUT2D eigenvalue weighted by molar-refractivity contribution is 0.177. The Bertz CT molecular complexity index is 361. The van der Waals surface area contributed by atoms with Gasteiger partial charge in [0.05, 0.1) is 6.61 Å². The van der Waals surface area contributed by atoms with Gasteiger partial charge in [0, 0.05) is 23.0 Å². The molecule has 16 heavy (non-hydrogen) atoms. The molecule has 0 spiro atoms. The maximum atomic E-state index is 5.48. The number of ether oxygens (including phenoxy) is 1. The van der Waals surface area contributed by atoms with Crippen molar-refractivity contribution >= 4 is 15.9 Å². The largest absolute Gasteiger partial charge is 0.381 e. The number of rotatable bonds is 3. The van der Waals surface area contributed by atoms with Crippen LogP contribution in [0, 0.1) is 12.8 Å². The molecular formula is C13H18BrNO. The summed E-state index contributed by atoms with van der Waals surface area (Å²) in [6, 6.07) is 6.83. The maximum absolute atomic E-state index is 5.48. The van der Waals surface area contributed by atoms with E-state index in [0.29, 0.717) is 12.0 Å². The minimum Gasteiger partial charge on any atom is -0.381 e. The van der Waals surface area contributed by atoms with E-state index in [0.717, 1.165) is 19.6 Å². The summed E-state index contributed by atoms with van der Waals surface area (Å²) in [5.41, 5.74) is 2.63. The highest BCUT2D eigenvalue weighted by Crippen LogP contribution is 2.34. The zero-order chi connectivity index (χ0) is 11.5. The lowest BCUT2D eigenvalue weighted by atomic mass is 9.92. The van der Waals surface area contributed by atoms with Crippen molar-refractivity contribution in [3.05, 3.63) is 33.8 Å². The molecule has 0 aromatic heterocycles. The Morgan fingerprint density at radius 3 is 2.94 bits per heavy atom. The number of aryl methyl sites for hydroxylation is 1. The van der Waals surface area contributed by atoms with Crippen molar-refractivity contribution in [2.75, 3.05) is 20.3 Å². The van der Waals surface area contributed by atoms with Gasteiger partial charge in [0.25, 0.3) is 0 Å². The van der Waals surface area contributed by atoms with Gasteiger partial charge in [-0.15, -0.1) is 0 Å². The summed E-state index contributed by atoms with van der Waals surface area (Å²) in [5.74, 6) is 0.586. The quantitative estimate of drug-likeness (QED) is 0.921. The van der Waals surface area contributed by atoms with Crippen molar-refractivity contribution in [2.24, 2.45) is 5.92 Å². The van der Waals surface area contributed by atoms with Crippen LogP contribution in [-0.2, 0) is 4.74 Å². The molecule has 2 unspecified atom stereocenters. The van der Waals surface area contributed by atoms with Crippen LogP contribution in [0.4, 0.5) is 0 Å². The molecule has 1 N–H and O–H groups in total. The van der Waals surface area contributed by atoms with Crippen LogP contribution in [0.5, 0.6) is 0 Å². The topological polar surface area (TPSA) is 21.3 Å². The third-order valence-electron chi connectivity index (χ3n) is 3.30. The highest BCUT2D eigenvalue weighted by molar-refractivity contribution is 9.10. The summed E-state index contributed by atoms with van der Waals surface area (Å²) >= 11 is 3.69. The summed E-state index contributed by atoms with van der Waals surface area (Å²) in [6.45, 7) is 3.89. The molecule has 1 aromatic carbocycles. The van der Waals surface area contributed by atoms with Gasteiger partial charge in [-0.1, -0.05) is 34.1 Å². The van der Waals surface area contributed by atoms with E-state index in [2.05, 4.69) is 46.4 Å². The highest BCUT2D eigenvalue weighted by Gasteiger charge is 2.27. The molecule has 0 aliphatic carbocycles. The first-order chi connectivity index (χ1) is 7.74. The van der Waals surface area contributed by atoms with Crippen LogP contribution < -0.4 is 5.32 Å². The van der Waals surface area contributed by atoms with Gasteiger partial charge in [-0.05, 0) is 31.5 Å². The standard InChI is InChI=1S/C13H18BrNO/c1-9-4-3-5-11(12(9)14)13(15-2)10-6-7-16-8-10/h3-5,10,13,15H,6-8H2,1-2H3. The van der Waals surface area contributed by atoms with Crippen LogP contribution in [0.25, 0.3) is 0 Å². The average Bonchev–Trinajstić information content (AvgIpc) is 2.79. The van der Waals surface area contributed by atoms with Gasteiger partial charge in [-0.3, -0.25) is 0 Å². The minimum absolute atomic E-state index is 0.386. The number of halogens is 1. The molecule has 88 valence electrons. The van der Waals surface area contributed by atoms with E-state index in [1.807, 2.05) is 7.05 Å². The zero-order valence-electron chi connectivity index (χ0n) is 9.79. The third-order valence-corrected chi connectivity index (χ3v) is 4.39. The Labute approximate surface area is 106 Å². The van der Waals surface area contributed by atoms with Crippen LogP contribution in [0.2, 0.25) is 0 Å². The van der Waals surface area contributed by atoms with Crippen LogP contribution in [-0.4, -0.2) is 20.3 Å². The fourth-order valence-corrected chi connectivity index (χ4v) is 2.88. The lowest BCUT2D eigenvalue weighted by Gasteiger charge is -2.24. The number of hydrogen-bond donors (Lipinski definition) is 1. The van der Waals surface area contributed by atoms with Crippen molar-refractivity contribution < 1.29 is 4.74 Å². The van der Waals surface area contributed by atoms with Crippen molar-refractivity contribution in [3.63, 3.8) is 0 Å². The molecule has 0 saturated carbocycles. The van der Waals surface area contributed by atoms with Gasteiger partial charge in [0.1, 0.15) is 0 Å². The maximum Gasteiger partial charge on any atom is 0.0513 e. The Hall–Kier alpha value is -0.380. The summed E-state index contributed by atoms with van der Waals surface area (Å²) in [5, 5.41) is 3.42. The first kappa shape index (κ1) is 12.1. The molecule has 1 aliphatic heterocycles. The van der Waals surface area contributed by atoms with E-state index in [1.54, 1.807) is 0 Å². The van der Waals surface area contributed by atoms with Crippen LogP contribution >= 0.6 is 15.9 Å². The van der Waals surface area contributed by atoms with Crippen molar-refractivity contribution in [3.8, 4) is 0 Å². The summed E-state index contributed by atoms with van der Waals surface area (Å²) in [4.78, 5) is 0. The molecule has 1 aliphatic rings. The average molecular weight is 284 g/mol. The predicted octanol–water partition coefficient (Wildman–Crippen LogP) is 3.05. The van der Waals surface area contributed by atoms with Gasteiger partial charge in [-0.25, -0.2) is 0 Å². The molecule has 0 radical (unpaired) electrons. The molecule has 1 saturated heterocycles. The zero-order valence-corrected chi connectivity index (χ0v) is 11.4. The fourth-order valence-electron chi connectivity index (χ4n) is 2.37. The Morgan fingerprint density at radius 2 is 2.31 bits per heavy atom. The molecule has 0 amide bonds. The molecule has 1 aromatic rings. The number of benzene rings is 1. The molecule has 2 atom stereocenters. The van der Waals surface area contributed by atoms with Crippen LogP contribution in [0.1, 0.15) is 23.6 Å². The molecule has 1 heterocycles. The van der Waals surface area contributed by atoms with E-state index in [9.17, 15) is 0 Å². The third kappa shape index (κ3) is 2.31. The second-order valence-corrected chi connectivity index (χ2v) is 5.16. The van der Waals surface area contributed by atoms with E-state index >= 15 is 0 Å². The minimum atomic E-state index is 0.386. The second-order valence-electron chi connectivity index (χ2n) is 4.37. The van der Waals surface area contributed by atoms with Gasteiger partial charge in [-0.2, -0.15) is 0 Å². The molecule has 1 fully saturated rings. The Balaban J connectivity index is 2.28. The smallest absolute Gasteiger partial charge is 0.0513 e.